The minimum atomic E-state index is 0.395. The summed E-state index contributed by atoms with van der Waals surface area (Å²) in [5, 5.41) is 0. The van der Waals surface area contributed by atoms with E-state index in [-0.39, 0.29) is 0 Å². The van der Waals surface area contributed by atoms with E-state index in [1.54, 1.807) is 5.57 Å². The lowest BCUT2D eigenvalue weighted by atomic mass is 9.69. The van der Waals surface area contributed by atoms with Gasteiger partial charge in [-0.05, 0) is 55.1 Å². The van der Waals surface area contributed by atoms with Crippen molar-refractivity contribution in [2.24, 2.45) is 11.8 Å². The van der Waals surface area contributed by atoms with Crippen molar-refractivity contribution in [2.75, 3.05) is 7.11 Å². The fourth-order valence-electron chi connectivity index (χ4n) is 3.49. The van der Waals surface area contributed by atoms with E-state index < -0.39 is 0 Å². The molecule has 0 aromatic carbocycles. The molecule has 3 rings (SSSR count). The Morgan fingerprint density at radius 2 is 2.19 bits per heavy atom. The van der Waals surface area contributed by atoms with Crippen LogP contribution in [0.25, 0.3) is 0 Å². The molecular formula is C15H20O. The van der Waals surface area contributed by atoms with Crippen LogP contribution in [0.4, 0.5) is 0 Å². The fraction of sp³-hybridized carbons (Fsp3) is 0.600. The summed E-state index contributed by atoms with van der Waals surface area (Å²) >= 11 is 0. The van der Waals surface area contributed by atoms with Crippen molar-refractivity contribution in [3.05, 3.63) is 35.5 Å². The molecule has 0 aliphatic heterocycles. The van der Waals surface area contributed by atoms with Gasteiger partial charge < -0.3 is 4.74 Å². The SMILES string of the molecule is COC1CCCC2CC3CC=CC=C3C=C21. The Labute approximate surface area is 97.9 Å². The van der Waals surface area contributed by atoms with E-state index >= 15 is 0 Å². The molecule has 0 N–H and O–H groups in total. The molecule has 3 aliphatic rings. The second kappa shape index (κ2) is 4.21. The molecule has 1 saturated carbocycles. The number of hydrogen-bond donors (Lipinski definition) is 0. The molecule has 16 heavy (non-hydrogen) atoms. The Morgan fingerprint density at radius 3 is 3.06 bits per heavy atom. The summed E-state index contributed by atoms with van der Waals surface area (Å²) in [5.74, 6) is 1.58. The van der Waals surface area contributed by atoms with Crippen LogP contribution in [0, 0.1) is 11.8 Å². The number of allylic oxidation sites excluding steroid dienone is 5. The Balaban J connectivity index is 1.93. The monoisotopic (exact) mass is 216 g/mol. The van der Waals surface area contributed by atoms with Crippen LogP contribution in [0.3, 0.4) is 0 Å². The van der Waals surface area contributed by atoms with Gasteiger partial charge in [0.15, 0.2) is 0 Å². The Hall–Kier alpha value is -0.820. The highest BCUT2D eigenvalue weighted by molar-refractivity contribution is 5.38. The predicted molar refractivity (Wildman–Crippen MR) is 66.2 cm³/mol. The summed E-state index contributed by atoms with van der Waals surface area (Å²) in [4.78, 5) is 0. The summed E-state index contributed by atoms with van der Waals surface area (Å²) in [5.41, 5.74) is 3.12. The molecule has 0 saturated heterocycles. The molecule has 1 nitrogen and oxygen atoms in total. The topological polar surface area (TPSA) is 9.23 Å². The van der Waals surface area contributed by atoms with Crippen molar-refractivity contribution in [1.29, 1.82) is 0 Å². The second-order valence-electron chi connectivity index (χ2n) is 5.26. The summed E-state index contributed by atoms with van der Waals surface area (Å²) in [6.07, 6.45) is 16.2. The van der Waals surface area contributed by atoms with Crippen molar-refractivity contribution in [1.82, 2.24) is 0 Å². The molecule has 1 heteroatoms. The van der Waals surface area contributed by atoms with Gasteiger partial charge in [0.25, 0.3) is 0 Å². The molecule has 3 unspecified atom stereocenters. The standard InChI is InChI=1S/C15H20O/c1-16-15-8-4-7-13-9-11-5-2-3-6-12(11)10-14(13)15/h2-3,6,10-11,13,15H,4-5,7-9H2,1H3. The van der Waals surface area contributed by atoms with E-state index in [0.717, 1.165) is 11.8 Å². The van der Waals surface area contributed by atoms with E-state index in [1.807, 2.05) is 7.11 Å². The first-order valence-corrected chi connectivity index (χ1v) is 6.49. The molecule has 0 amide bonds. The third kappa shape index (κ3) is 1.67. The average molecular weight is 216 g/mol. The lowest BCUT2D eigenvalue weighted by Gasteiger charge is -2.38. The van der Waals surface area contributed by atoms with Gasteiger partial charge in [0.2, 0.25) is 0 Å². The molecule has 0 radical (unpaired) electrons. The minimum absolute atomic E-state index is 0.395. The van der Waals surface area contributed by atoms with Crippen molar-refractivity contribution < 1.29 is 4.74 Å². The smallest absolute Gasteiger partial charge is 0.0787 e. The number of methoxy groups -OCH3 is 1. The maximum atomic E-state index is 5.63. The Bertz CT molecular complexity index is 362. The molecule has 0 bridgehead atoms. The van der Waals surface area contributed by atoms with Gasteiger partial charge in [-0.15, -0.1) is 0 Å². The van der Waals surface area contributed by atoms with Gasteiger partial charge in [0.05, 0.1) is 6.10 Å². The molecular weight excluding hydrogens is 196 g/mol. The van der Waals surface area contributed by atoms with Crippen LogP contribution < -0.4 is 0 Å². The highest BCUT2D eigenvalue weighted by atomic mass is 16.5. The van der Waals surface area contributed by atoms with Crippen LogP contribution in [0.15, 0.2) is 35.5 Å². The first-order valence-electron chi connectivity index (χ1n) is 6.49. The van der Waals surface area contributed by atoms with E-state index in [4.69, 9.17) is 4.74 Å². The largest absolute Gasteiger partial charge is 0.377 e. The summed E-state index contributed by atoms with van der Waals surface area (Å²) in [6.45, 7) is 0. The predicted octanol–water partition coefficient (Wildman–Crippen LogP) is 3.63. The third-order valence-electron chi connectivity index (χ3n) is 4.37. The zero-order chi connectivity index (χ0) is 11.0. The van der Waals surface area contributed by atoms with E-state index in [0.29, 0.717) is 6.10 Å². The molecule has 1 fully saturated rings. The van der Waals surface area contributed by atoms with Gasteiger partial charge in [-0.3, -0.25) is 0 Å². The average Bonchev–Trinajstić information content (AvgIpc) is 2.35. The highest BCUT2D eigenvalue weighted by Crippen LogP contribution is 2.43. The zero-order valence-corrected chi connectivity index (χ0v) is 9.99. The van der Waals surface area contributed by atoms with Crippen molar-refractivity contribution in [2.45, 2.75) is 38.2 Å². The Kier molecular flexibility index (Phi) is 2.72. The molecule has 0 spiro atoms. The highest BCUT2D eigenvalue weighted by Gasteiger charge is 2.33. The number of hydrogen-bond acceptors (Lipinski definition) is 1. The lowest BCUT2D eigenvalue weighted by Crippen LogP contribution is -2.30. The van der Waals surface area contributed by atoms with Crippen LogP contribution in [0.1, 0.15) is 32.1 Å². The fourth-order valence-corrected chi connectivity index (χ4v) is 3.49. The summed E-state index contributed by atoms with van der Waals surface area (Å²) < 4.78 is 5.63. The summed E-state index contributed by atoms with van der Waals surface area (Å²) in [6, 6.07) is 0. The second-order valence-corrected chi connectivity index (χ2v) is 5.26. The summed E-state index contributed by atoms with van der Waals surface area (Å²) in [7, 11) is 1.86. The van der Waals surface area contributed by atoms with Gasteiger partial charge in [-0.25, -0.2) is 0 Å². The number of rotatable bonds is 1. The van der Waals surface area contributed by atoms with Crippen LogP contribution >= 0.6 is 0 Å². The number of ether oxygens (including phenoxy) is 1. The first kappa shape index (κ1) is 10.3. The van der Waals surface area contributed by atoms with Crippen LogP contribution in [-0.4, -0.2) is 13.2 Å². The van der Waals surface area contributed by atoms with Gasteiger partial charge in [0, 0.05) is 7.11 Å². The van der Waals surface area contributed by atoms with E-state index in [9.17, 15) is 0 Å². The molecule has 0 aromatic rings. The van der Waals surface area contributed by atoms with Crippen molar-refractivity contribution in [3.63, 3.8) is 0 Å². The molecule has 3 aliphatic carbocycles. The van der Waals surface area contributed by atoms with E-state index in [1.165, 1.54) is 37.7 Å². The molecule has 86 valence electrons. The Morgan fingerprint density at radius 1 is 1.25 bits per heavy atom. The molecule has 3 atom stereocenters. The minimum Gasteiger partial charge on any atom is -0.377 e. The van der Waals surface area contributed by atoms with Gasteiger partial charge in [0.1, 0.15) is 0 Å². The maximum Gasteiger partial charge on any atom is 0.0787 e. The molecule has 0 aromatic heterocycles. The lowest BCUT2D eigenvalue weighted by molar-refractivity contribution is 0.0916. The zero-order valence-electron chi connectivity index (χ0n) is 9.99. The van der Waals surface area contributed by atoms with Crippen LogP contribution in [-0.2, 0) is 4.74 Å². The molecule has 0 heterocycles. The van der Waals surface area contributed by atoms with Crippen LogP contribution in [0.5, 0.6) is 0 Å². The van der Waals surface area contributed by atoms with Crippen LogP contribution in [0.2, 0.25) is 0 Å². The van der Waals surface area contributed by atoms with Crippen molar-refractivity contribution in [3.8, 4) is 0 Å². The van der Waals surface area contributed by atoms with E-state index in [2.05, 4.69) is 24.3 Å². The maximum absolute atomic E-state index is 5.63. The normalized spacial score (nSPS) is 37.2. The van der Waals surface area contributed by atoms with Gasteiger partial charge in [-0.1, -0.05) is 24.3 Å². The third-order valence-corrected chi connectivity index (χ3v) is 4.37. The van der Waals surface area contributed by atoms with Gasteiger partial charge in [-0.2, -0.15) is 0 Å². The van der Waals surface area contributed by atoms with Crippen molar-refractivity contribution >= 4 is 0 Å². The number of fused-ring (bicyclic) bond motifs is 2. The quantitative estimate of drug-likeness (QED) is 0.650. The van der Waals surface area contributed by atoms with Gasteiger partial charge >= 0.3 is 0 Å². The first-order chi connectivity index (χ1) is 7.88.